The summed E-state index contributed by atoms with van der Waals surface area (Å²) in [7, 11) is 0. The van der Waals surface area contributed by atoms with E-state index in [2.05, 4.69) is 16.4 Å². The lowest BCUT2D eigenvalue weighted by molar-refractivity contribution is -0.116. The number of aromatic nitrogens is 1. The normalized spacial score (nSPS) is 12.2. The maximum Gasteiger partial charge on any atom is 0.227 e. The molecule has 0 atom stereocenters. The standard InChI is InChI=1S/C14H15N3O2S.ClH/c15-5-3-13(18)17-14-16-11(8-20-14)9-1-2-12-10(7-9)4-6-19-12;/h1-2,7-8H,3-6,15H2,(H,16,17,18);1H. The van der Waals surface area contributed by atoms with Gasteiger partial charge < -0.3 is 15.8 Å². The van der Waals surface area contributed by atoms with E-state index >= 15 is 0 Å². The minimum absolute atomic E-state index is 0. The van der Waals surface area contributed by atoms with Crippen LogP contribution in [0.1, 0.15) is 12.0 Å². The average molecular weight is 326 g/mol. The highest BCUT2D eigenvalue weighted by Gasteiger charge is 2.14. The van der Waals surface area contributed by atoms with Crippen molar-refractivity contribution in [3.63, 3.8) is 0 Å². The van der Waals surface area contributed by atoms with Crippen LogP contribution in [0.4, 0.5) is 5.13 Å². The molecule has 0 spiro atoms. The van der Waals surface area contributed by atoms with Gasteiger partial charge in [-0.2, -0.15) is 0 Å². The highest BCUT2D eigenvalue weighted by molar-refractivity contribution is 7.14. The third-order valence-electron chi connectivity index (χ3n) is 3.11. The van der Waals surface area contributed by atoms with Gasteiger partial charge in [0.1, 0.15) is 5.75 Å². The molecule has 1 amide bonds. The number of hydrogen-bond acceptors (Lipinski definition) is 5. The van der Waals surface area contributed by atoms with E-state index in [0.717, 1.165) is 30.0 Å². The molecule has 0 aliphatic carbocycles. The van der Waals surface area contributed by atoms with Crippen molar-refractivity contribution in [3.8, 4) is 17.0 Å². The fourth-order valence-electron chi connectivity index (χ4n) is 2.12. The van der Waals surface area contributed by atoms with Crippen LogP contribution in [0.5, 0.6) is 5.75 Å². The van der Waals surface area contributed by atoms with Crippen LogP contribution in [0.15, 0.2) is 23.6 Å². The zero-order valence-electron chi connectivity index (χ0n) is 11.3. The molecule has 5 nitrogen and oxygen atoms in total. The van der Waals surface area contributed by atoms with Gasteiger partial charge in [0.05, 0.1) is 12.3 Å². The number of ether oxygens (including phenoxy) is 1. The highest BCUT2D eigenvalue weighted by atomic mass is 35.5. The van der Waals surface area contributed by atoms with Gasteiger partial charge >= 0.3 is 0 Å². The Balaban J connectivity index is 0.00000161. The highest BCUT2D eigenvalue weighted by Crippen LogP contribution is 2.31. The maximum atomic E-state index is 11.5. The second-order valence-electron chi connectivity index (χ2n) is 4.55. The van der Waals surface area contributed by atoms with Crippen LogP contribution in [0.3, 0.4) is 0 Å². The number of nitrogens with two attached hydrogens (primary N) is 1. The second-order valence-corrected chi connectivity index (χ2v) is 5.40. The Bertz CT molecular complexity index is 645. The minimum Gasteiger partial charge on any atom is -0.493 e. The van der Waals surface area contributed by atoms with Gasteiger partial charge in [0, 0.05) is 30.3 Å². The van der Waals surface area contributed by atoms with E-state index in [0.29, 0.717) is 18.1 Å². The number of fused-ring (bicyclic) bond motifs is 1. The van der Waals surface area contributed by atoms with E-state index in [4.69, 9.17) is 10.5 Å². The fraction of sp³-hybridized carbons (Fsp3) is 0.286. The largest absolute Gasteiger partial charge is 0.493 e. The molecule has 1 aliphatic rings. The van der Waals surface area contributed by atoms with Crippen molar-refractivity contribution in [1.82, 2.24) is 4.98 Å². The van der Waals surface area contributed by atoms with Crippen LogP contribution >= 0.6 is 23.7 Å². The van der Waals surface area contributed by atoms with Crippen LogP contribution in [-0.2, 0) is 11.2 Å². The Kier molecular flexibility index (Phi) is 5.17. The predicted molar refractivity (Wildman–Crippen MR) is 86.3 cm³/mol. The van der Waals surface area contributed by atoms with Crippen molar-refractivity contribution in [2.24, 2.45) is 5.73 Å². The molecule has 0 saturated heterocycles. The topological polar surface area (TPSA) is 77.2 Å². The number of rotatable bonds is 4. The maximum absolute atomic E-state index is 11.5. The molecule has 21 heavy (non-hydrogen) atoms. The van der Waals surface area contributed by atoms with Crippen LogP contribution < -0.4 is 15.8 Å². The zero-order valence-corrected chi connectivity index (χ0v) is 12.9. The molecule has 0 unspecified atom stereocenters. The van der Waals surface area contributed by atoms with Crippen molar-refractivity contribution in [3.05, 3.63) is 29.1 Å². The molecular weight excluding hydrogens is 310 g/mol. The second kappa shape index (κ2) is 6.89. The third-order valence-corrected chi connectivity index (χ3v) is 3.86. The van der Waals surface area contributed by atoms with Gasteiger partial charge in [-0.25, -0.2) is 4.98 Å². The fourth-order valence-corrected chi connectivity index (χ4v) is 2.86. The quantitative estimate of drug-likeness (QED) is 0.905. The Morgan fingerprint density at radius 3 is 3.14 bits per heavy atom. The van der Waals surface area contributed by atoms with Gasteiger partial charge in [0.25, 0.3) is 0 Å². The molecule has 1 aromatic heterocycles. The van der Waals surface area contributed by atoms with Crippen molar-refractivity contribution in [2.75, 3.05) is 18.5 Å². The molecule has 0 bridgehead atoms. The Labute approximate surface area is 132 Å². The lowest BCUT2D eigenvalue weighted by Crippen LogP contribution is -2.15. The zero-order chi connectivity index (χ0) is 13.9. The van der Waals surface area contributed by atoms with E-state index in [1.54, 1.807) is 0 Å². The summed E-state index contributed by atoms with van der Waals surface area (Å²) in [6, 6.07) is 6.07. The number of carbonyl (C=O) groups is 1. The van der Waals surface area contributed by atoms with Gasteiger partial charge in [0.2, 0.25) is 5.91 Å². The summed E-state index contributed by atoms with van der Waals surface area (Å²) in [5.41, 5.74) is 8.47. The number of anilines is 1. The average Bonchev–Trinajstić information content (AvgIpc) is 3.06. The summed E-state index contributed by atoms with van der Waals surface area (Å²) in [6.07, 6.45) is 1.25. The Morgan fingerprint density at radius 2 is 2.33 bits per heavy atom. The number of thiazole rings is 1. The van der Waals surface area contributed by atoms with Crippen molar-refractivity contribution in [1.29, 1.82) is 0 Å². The first-order chi connectivity index (χ1) is 9.76. The molecule has 0 saturated carbocycles. The summed E-state index contributed by atoms with van der Waals surface area (Å²) in [4.78, 5) is 15.9. The van der Waals surface area contributed by atoms with Gasteiger partial charge in [0.15, 0.2) is 5.13 Å². The van der Waals surface area contributed by atoms with Crippen molar-refractivity contribution >= 4 is 34.8 Å². The lowest BCUT2D eigenvalue weighted by atomic mass is 10.1. The number of nitrogens with one attached hydrogen (secondary N) is 1. The number of hydrogen-bond donors (Lipinski definition) is 2. The van der Waals surface area contributed by atoms with Crippen molar-refractivity contribution < 1.29 is 9.53 Å². The van der Waals surface area contributed by atoms with E-state index in [9.17, 15) is 4.79 Å². The van der Waals surface area contributed by atoms with Crippen LogP contribution in [0.25, 0.3) is 11.3 Å². The lowest BCUT2D eigenvalue weighted by Gasteiger charge is -2.01. The first-order valence-corrected chi connectivity index (χ1v) is 7.36. The molecule has 0 radical (unpaired) electrons. The Morgan fingerprint density at radius 1 is 1.48 bits per heavy atom. The van der Waals surface area contributed by atoms with Gasteiger partial charge in [-0.05, 0) is 23.8 Å². The molecule has 3 rings (SSSR count). The summed E-state index contributed by atoms with van der Waals surface area (Å²) >= 11 is 1.42. The molecule has 1 aromatic carbocycles. The summed E-state index contributed by atoms with van der Waals surface area (Å²) < 4.78 is 5.49. The summed E-state index contributed by atoms with van der Waals surface area (Å²) in [6.45, 7) is 1.09. The molecule has 112 valence electrons. The van der Waals surface area contributed by atoms with Crippen LogP contribution in [0.2, 0.25) is 0 Å². The minimum atomic E-state index is -0.101. The predicted octanol–water partition coefficient (Wildman–Crippen LogP) is 2.45. The monoisotopic (exact) mass is 325 g/mol. The van der Waals surface area contributed by atoms with Gasteiger partial charge in [-0.1, -0.05) is 0 Å². The smallest absolute Gasteiger partial charge is 0.227 e. The van der Waals surface area contributed by atoms with Crippen LogP contribution in [-0.4, -0.2) is 24.0 Å². The Hall–Kier alpha value is -1.63. The van der Waals surface area contributed by atoms with E-state index < -0.39 is 0 Å². The van der Waals surface area contributed by atoms with E-state index in [-0.39, 0.29) is 18.3 Å². The number of halogens is 1. The number of amides is 1. The number of carbonyl (C=O) groups excluding carboxylic acids is 1. The summed E-state index contributed by atoms with van der Waals surface area (Å²) in [5.74, 6) is 0.858. The summed E-state index contributed by atoms with van der Waals surface area (Å²) in [5, 5.41) is 5.30. The molecule has 3 N–H and O–H groups in total. The first kappa shape index (κ1) is 15.8. The molecule has 2 heterocycles. The van der Waals surface area contributed by atoms with Crippen molar-refractivity contribution in [2.45, 2.75) is 12.8 Å². The molecular formula is C14H16ClN3O2S. The molecule has 2 aromatic rings. The van der Waals surface area contributed by atoms with Gasteiger partial charge in [-0.15, -0.1) is 23.7 Å². The molecule has 1 aliphatic heterocycles. The third kappa shape index (κ3) is 3.53. The number of nitrogens with zero attached hydrogens (tertiary/aromatic N) is 1. The van der Waals surface area contributed by atoms with Crippen LogP contribution in [0, 0.1) is 0 Å². The van der Waals surface area contributed by atoms with Gasteiger partial charge in [-0.3, -0.25) is 4.79 Å². The molecule has 0 fully saturated rings. The molecule has 7 heteroatoms. The van der Waals surface area contributed by atoms with E-state index in [1.807, 2.05) is 17.5 Å². The SMILES string of the molecule is Cl.NCCC(=O)Nc1nc(-c2ccc3c(c2)CCO3)cs1. The first-order valence-electron chi connectivity index (χ1n) is 6.48. The van der Waals surface area contributed by atoms with E-state index in [1.165, 1.54) is 16.9 Å². The number of benzene rings is 1.